The molecular weight excluding hydrogens is 467 g/mol. The lowest BCUT2D eigenvalue weighted by Crippen LogP contribution is -2.55. The molecule has 186 valence electrons. The van der Waals surface area contributed by atoms with Crippen LogP contribution in [-0.2, 0) is 11.3 Å². The van der Waals surface area contributed by atoms with Crippen LogP contribution in [0.15, 0.2) is 42.5 Å². The minimum Gasteiger partial charge on any atom is -0.336 e. The number of urea groups is 1. The number of carbonyl (C=O) groups excluding carboxylic acids is 2. The van der Waals surface area contributed by atoms with Gasteiger partial charge in [-0.1, -0.05) is 23.7 Å². The maximum Gasteiger partial charge on any atom is 0.319 e. The van der Waals surface area contributed by atoms with Gasteiger partial charge in [0.05, 0.1) is 5.69 Å². The van der Waals surface area contributed by atoms with Gasteiger partial charge in [0.2, 0.25) is 5.91 Å². The fourth-order valence-electron chi connectivity index (χ4n) is 4.94. The number of halogens is 2. The molecule has 0 aliphatic carbocycles. The predicted molar refractivity (Wildman–Crippen MR) is 138 cm³/mol. The maximum atomic E-state index is 13.2. The summed E-state index contributed by atoms with van der Waals surface area (Å²) in [6.07, 6.45) is 5.30. The van der Waals surface area contributed by atoms with E-state index in [9.17, 15) is 14.0 Å². The van der Waals surface area contributed by atoms with Gasteiger partial charge in [0, 0.05) is 48.9 Å². The number of aryl methyl sites for hydroxylation is 1. The monoisotopic (exact) mass is 498 g/mol. The third-order valence-electron chi connectivity index (χ3n) is 6.54. The van der Waals surface area contributed by atoms with E-state index in [0.717, 1.165) is 49.2 Å². The van der Waals surface area contributed by atoms with Crippen molar-refractivity contribution in [2.75, 3.05) is 18.4 Å². The molecule has 2 N–H and O–H groups in total. The number of likely N-dealkylation sites (tertiary alicyclic amines) is 1. The van der Waals surface area contributed by atoms with E-state index in [0.29, 0.717) is 10.7 Å². The predicted octanol–water partition coefficient (Wildman–Crippen LogP) is 5.21. The Kier molecular flexibility index (Phi) is 7.77. The molecule has 2 heterocycles. The van der Waals surface area contributed by atoms with Gasteiger partial charge in [0.25, 0.3) is 0 Å². The SMILES string of the molecule is Cc1cc(/C=C/C(=O)N2C3CCC2CN(Cc2ccc(F)cc2)C3)c(NC(=O)NC(C)C)cc1Cl. The van der Waals surface area contributed by atoms with E-state index in [1.165, 1.54) is 12.1 Å². The normalized spacial score (nSPS) is 20.0. The Balaban J connectivity index is 1.44. The fraction of sp³-hybridized carbons (Fsp3) is 0.407. The Hall–Kier alpha value is -2.90. The van der Waals surface area contributed by atoms with E-state index >= 15 is 0 Å². The molecule has 2 fully saturated rings. The minimum absolute atomic E-state index is 0.00584. The number of rotatable bonds is 6. The number of hydrogen-bond donors (Lipinski definition) is 2. The quantitative estimate of drug-likeness (QED) is 0.538. The van der Waals surface area contributed by atoms with Crippen molar-refractivity contribution in [2.24, 2.45) is 0 Å². The first-order chi connectivity index (χ1) is 16.7. The van der Waals surface area contributed by atoms with Crippen molar-refractivity contribution >= 4 is 35.3 Å². The Bertz CT molecular complexity index is 1100. The van der Waals surface area contributed by atoms with E-state index in [1.807, 2.05) is 43.9 Å². The number of amides is 3. The van der Waals surface area contributed by atoms with Gasteiger partial charge >= 0.3 is 6.03 Å². The van der Waals surface area contributed by atoms with Gasteiger partial charge < -0.3 is 15.5 Å². The van der Waals surface area contributed by atoms with Crippen molar-refractivity contribution in [2.45, 2.75) is 58.3 Å². The van der Waals surface area contributed by atoms with Crippen LogP contribution in [0.4, 0.5) is 14.9 Å². The zero-order valence-electron chi connectivity index (χ0n) is 20.4. The van der Waals surface area contributed by atoms with Crippen molar-refractivity contribution in [3.63, 3.8) is 0 Å². The molecule has 2 saturated heterocycles. The lowest BCUT2D eigenvalue weighted by molar-refractivity contribution is -0.131. The molecule has 2 unspecified atom stereocenters. The number of piperazine rings is 1. The largest absolute Gasteiger partial charge is 0.336 e. The van der Waals surface area contributed by atoms with Gasteiger partial charge in [-0.3, -0.25) is 9.69 Å². The molecule has 2 aromatic carbocycles. The van der Waals surface area contributed by atoms with E-state index < -0.39 is 0 Å². The molecule has 35 heavy (non-hydrogen) atoms. The number of anilines is 1. The topological polar surface area (TPSA) is 64.7 Å². The highest BCUT2D eigenvalue weighted by atomic mass is 35.5. The Morgan fingerprint density at radius 2 is 1.80 bits per heavy atom. The zero-order valence-corrected chi connectivity index (χ0v) is 21.1. The first-order valence-corrected chi connectivity index (χ1v) is 12.4. The molecule has 8 heteroatoms. The van der Waals surface area contributed by atoms with Gasteiger partial charge in [-0.15, -0.1) is 0 Å². The summed E-state index contributed by atoms with van der Waals surface area (Å²) in [5.74, 6) is -0.255. The highest BCUT2D eigenvalue weighted by Gasteiger charge is 2.41. The number of fused-ring (bicyclic) bond motifs is 2. The summed E-state index contributed by atoms with van der Waals surface area (Å²) in [6.45, 7) is 8.01. The van der Waals surface area contributed by atoms with E-state index in [-0.39, 0.29) is 35.9 Å². The molecule has 4 rings (SSSR count). The molecule has 2 aliphatic rings. The van der Waals surface area contributed by atoms with Crippen LogP contribution < -0.4 is 10.6 Å². The van der Waals surface area contributed by atoms with Crippen LogP contribution in [0, 0.1) is 12.7 Å². The summed E-state index contributed by atoms with van der Waals surface area (Å²) in [5.41, 5.74) is 3.21. The van der Waals surface area contributed by atoms with E-state index in [1.54, 1.807) is 18.2 Å². The molecule has 0 saturated carbocycles. The number of nitrogens with one attached hydrogen (secondary N) is 2. The van der Waals surface area contributed by atoms with Gasteiger partial charge in [-0.05, 0) is 80.6 Å². The minimum atomic E-state index is -0.323. The summed E-state index contributed by atoms with van der Waals surface area (Å²) in [7, 11) is 0. The third kappa shape index (κ3) is 6.21. The molecule has 0 spiro atoms. The fourth-order valence-corrected chi connectivity index (χ4v) is 5.11. The zero-order chi connectivity index (χ0) is 25.1. The number of carbonyl (C=O) groups is 2. The standard InChI is InChI=1S/C27H32ClFN4O2/c1-17(2)30-27(35)31-25-13-24(28)18(3)12-20(25)6-11-26(34)33-22-9-10-23(33)16-32(15-22)14-19-4-7-21(29)8-5-19/h4-8,11-13,17,22-23H,9-10,14-16H2,1-3H3,(H2,30,31,35)/b11-6+. The van der Waals surface area contributed by atoms with Crippen LogP contribution in [-0.4, -0.2) is 53.0 Å². The number of benzene rings is 2. The molecule has 6 nitrogen and oxygen atoms in total. The van der Waals surface area contributed by atoms with Crippen LogP contribution in [0.2, 0.25) is 5.02 Å². The molecule has 2 bridgehead atoms. The van der Waals surface area contributed by atoms with Crippen molar-refractivity contribution in [3.05, 3.63) is 70.0 Å². The smallest absolute Gasteiger partial charge is 0.319 e. The number of hydrogen-bond acceptors (Lipinski definition) is 3. The second-order valence-electron chi connectivity index (χ2n) is 9.73. The first kappa shape index (κ1) is 25.2. The second kappa shape index (κ2) is 10.8. The second-order valence-corrected chi connectivity index (χ2v) is 10.1. The van der Waals surface area contributed by atoms with Crippen LogP contribution >= 0.6 is 11.6 Å². The molecule has 2 aromatic rings. The van der Waals surface area contributed by atoms with Crippen LogP contribution in [0.25, 0.3) is 6.08 Å². The van der Waals surface area contributed by atoms with Crippen molar-refractivity contribution in [1.82, 2.24) is 15.1 Å². The highest BCUT2D eigenvalue weighted by Crippen LogP contribution is 2.32. The lowest BCUT2D eigenvalue weighted by atomic mass is 10.1. The molecule has 0 aromatic heterocycles. The first-order valence-electron chi connectivity index (χ1n) is 12.0. The Labute approximate surface area is 211 Å². The molecular formula is C27H32ClFN4O2. The molecule has 3 amide bonds. The van der Waals surface area contributed by atoms with E-state index in [4.69, 9.17) is 11.6 Å². The molecule has 2 atom stereocenters. The van der Waals surface area contributed by atoms with Crippen LogP contribution in [0.5, 0.6) is 0 Å². The van der Waals surface area contributed by atoms with Gasteiger partial charge in [-0.25, -0.2) is 9.18 Å². The van der Waals surface area contributed by atoms with Gasteiger partial charge in [0.15, 0.2) is 0 Å². The highest BCUT2D eigenvalue weighted by molar-refractivity contribution is 6.31. The number of nitrogens with zero attached hydrogens (tertiary/aromatic N) is 2. The summed E-state index contributed by atoms with van der Waals surface area (Å²) in [4.78, 5) is 29.8. The lowest BCUT2D eigenvalue weighted by Gasteiger charge is -2.40. The van der Waals surface area contributed by atoms with Gasteiger partial charge in [-0.2, -0.15) is 0 Å². The van der Waals surface area contributed by atoms with E-state index in [2.05, 4.69) is 15.5 Å². The van der Waals surface area contributed by atoms with Crippen molar-refractivity contribution < 1.29 is 14.0 Å². The maximum absolute atomic E-state index is 13.2. The molecule has 0 radical (unpaired) electrons. The van der Waals surface area contributed by atoms with Crippen molar-refractivity contribution in [1.29, 1.82) is 0 Å². The molecule has 2 aliphatic heterocycles. The summed E-state index contributed by atoms with van der Waals surface area (Å²) < 4.78 is 13.2. The van der Waals surface area contributed by atoms with Crippen molar-refractivity contribution in [3.8, 4) is 0 Å². The Morgan fingerprint density at radius 3 is 2.43 bits per heavy atom. The van der Waals surface area contributed by atoms with Crippen LogP contribution in [0.3, 0.4) is 0 Å². The van der Waals surface area contributed by atoms with Crippen LogP contribution in [0.1, 0.15) is 43.4 Å². The summed E-state index contributed by atoms with van der Waals surface area (Å²) in [5, 5.41) is 6.18. The average molecular weight is 499 g/mol. The summed E-state index contributed by atoms with van der Waals surface area (Å²) >= 11 is 6.29. The average Bonchev–Trinajstić information content (AvgIpc) is 3.06. The Morgan fingerprint density at radius 1 is 1.14 bits per heavy atom. The van der Waals surface area contributed by atoms with Gasteiger partial charge in [0.1, 0.15) is 5.82 Å². The summed E-state index contributed by atoms with van der Waals surface area (Å²) in [6, 6.07) is 10.2. The third-order valence-corrected chi connectivity index (χ3v) is 6.94.